The van der Waals surface area contributed by atoms with Crippen LogP contribution in [0.5, 0.6) is 0 Å². The second-order valence-corrected chi connectivity index (χ2v) is 6.73. The summed E-state index contributed by atoms with van der Waals surface area (Å²) in [7, 11) is -3.78. The third-order valence-electron chi connectivity index (χ3n) is 2.53. The molecule has 0 saturated carbocycles. The van der Waals surface area contributed by atoms with Crippen molar-refractivity contribution in [1.82, 2.24) is 0 Å². The Morgan fingerprint density at radius 1 is 1.05 bits per heavy atom. The molecule has 0 bridgehead atoms. The van der Waals surface area contributed by atoms with E-state index in [2.05, 4.69) is 0 Å². The van der Waals surface area contributed by atoms with Crippen LogP contribution in [-0.2, 0) is 15.6 Å². The van der Waals surface area contributed by atoms with Crippen LogP contribution in [0.1, 0.15) is 5.56 Å². The SMILES string of the molecule is O=S(=O)(Cc1ccc(Cl)cc1Cl)c1ccccc1F. The van der Waals surface area contributed by atoms with E-state index in [1.54, 1.807) is 6.07 Å². The molecule has 2 nitrogen and oxygen atoms in total. The third-order valence-corrected chi connectivity index (χ3v) is 4.81. The number of rotatable bonds is 3. The van der Waals surface area contributed by atoms with Gasteiger partial charge in [0.15, 0.2) is 9.84 Å². The molecule has 2 rings (SSSR count). The Morgan fingerprint density at radius 2 is 1.74 bits per heavy atom. The summed E-state index contributed by atoms with van der Waals surface area (Å²) < 4.78 is 37.8. The van der Waals surface area contributed by atoms with Crippen LogP contribution in [0.25, 0.3) is 0 Å². The summed E-state index contributed by atoms with van der Waals surface area (Å²) in [6.45, 7) is 0. The largest absolute Gasteiger partial charge is 0.223 e. The molecule has 6 heteroatoms. The van der Waals surface area contributed by atoms with Crippen LogP contribution in [0.4, 0.5) is 4.39 Å². The van der Waals surface area contributed by atoms with Gasteiger partial charge in [-0.2, -0.15) is 0 Å². The predicted octanol–water partition coefficient (Wildman–Crippen LogP) is 4.11. The molecular formula is C13H9Cl2FO2S. The van der Waals surface area contributed by atoms with Gasteiger partial charge in [0.25, 0.3) is 0 Å². The molecule has 0 saturated heterocycles. The number of hydrogen-bond donors (Lipinski definition) is 0. The van der Waals surface area contributed by atoms with Crippen molar-refractivity contribution in [2.24, 2.45) is 0 Å². The quantitative estimate of drug-likeness (QED) is 0.853. The standard InChI is InChI=1S/C13H9Cl2FO2S/c14-10-6-5-9(11(15)7-10)8-19(17,18)13-4-2-1-3-12(13)16/h1-7H,8H2. The van der Waals surface area contributed by atoms with Gasteiger partial charge in [-0.15, -0.1) is 0 Å². The number of halogens is 3. The summed E-state index contributed by atoms with van der Waals surface area (Å²) in [5.41, 5.74) is 0.384. The highest BCUT2D eigenvalue weighted by atomic mass is 35.5. The maximum atomic E-state index is 13.5. The zero-order valence-corrected chi connectivity index (χ0v) is 11.9. The first-order chi connectivity index (χ1) is 8.90. The summed E-state index contributed by atoms with van der Waals surface area (Å²) in [5.74, 6) is -1.14. The Bertz CT molecular complexity index is 714. The number of benzene rings is 2. The smallest absolute Gasteiger partial charge is 0.185 e. The van der Waals surface area contributed by atoms with E-state index < -0.39 is 15.7 Å². The normalized spacial score (nSPS) is 11.5. The van der Waals surface area contributed by atoms with Gasteiger partial charge in [0, 0.05) is 10.0 Å². The van der Waals surface area contributed by atoms with E-state index in [0.717, 1.165) is 6.07 Å². The van der Waals surface area contributed by atoms with Gasteiger partial charge in [-0.3, -0.25) is 0 Å². The van der Waals surface area contributed by atoms with Gasteiger partial charge in [-0.25, -0.2) is 12.8 Å². The maximum Gasteiger partial charge on any atom is 0.185 e. The average molecular weight is 319 g/mol. The summed E-state index contributed by atoms with van der Waals surface area (Å²) in [4.78, 5) is -0.332. The fourth-order valence-electron chi connectivity index (χ4n) is 1.62. The van der Waals surface area contributed by atoms with Crippen molar-refractivity contribution in [3.05, 3.63) is 63.9 Å². The number of hydrogen-bond acceptors (Lipinski definition) is 2. The highest BCUT2D eigenvalue weighted by Gasteiger charge is 2.20. The summed E-state index contributed by atoms with van der Waals surface area (Å²) in [6, 6.07) is 9.76. The Kier molecular flexibility index (Phi) is 4.13. The van der Waals surface area contributed by atoms with Gasteiger partial charge in [0.2, 0.25) is 0 Å². The van der Waals surface area contributed by atoms with Crippen LogP contribution in [-0.4, -0.2) is 8.42 Å². The molecule has 0 fully saturated rings. The lowest BCUT2D eigenvalue weighted by Crippen LogP contribution is -2.07. The van der Waals surface area contributed by atoms with Crippen molar-refractivity contribution in [3.63, 3.8) is 0 Å². The molecule has 0 aliphatic carbocycles. The first kappa shape index (κ1) is 14.3. The summed E-state index contributed by atoms with van der Waals surface area (Å²) in [5, 5.41) is 0.657. The van der Waals surface area contributed by atoms with Gasteiger partial charge < -0.3 is 0 Å². The molecule has 0 spiro atoms. The topological polar surface area (TPSA) is 34.1 Å². The van der Waals surface area contributed by atoms with Crippen molar-refractivity contribution in [3.8, 4) is 0 Å². The molecule has 0 aliphatic rings. The molecule has 2 aromatic rings. The van der Waals surface area contributed by atoms with E-state index in [1.165, 1.54) is 30.3 Å². The minimum atomic E-state index is -3.78. The van der Waals surface area contributed by atoms with E-state index in [1.807, 2.05) is 0 Å². The van der Waals surface area contributed by atoms with E-state index in [-0.39, 0.29) is 15.7 Å². The molecule has 2 aromatic carbocycles. The van der Waals surface area contributed by atoms with Crippen molar-refractivity contribution < 1.29 is 12.8 Å². The van der Waals surface area contributed by atoms with Gasteiger partial charge in [0.05, 0.1) is 5.75 Å². The van der Waals surface area contributed by atoms with Crippen molar-refractivity contribution >= 4 is 33.0 Å². The zero-order valence-electron chi connectivity index (χ0n) is 9.61. The lowest BCUT2D eigenvalue weighted by Gasteiger charge is -2.07. The van der Waals surface area contributed by atoms with Crippen LogP contribution in [0.15, 0.2) is 47.4 Å². The first-order valence-electron chi connectivity index (χ1n) is 5.31. The minimum Gasteiger partial charge on any atom is -0.223 e. The Hall–Kier alpha value is -1.10. The second kappa shape index (κ2) is 5.49. The molecule has 0 aromatic heterocycles. The minimum absolute atomic E-state index is 0.243. The zero-order chi connectivity index (χ0) is 14.0. The maximum absolute atomic E-state index is 13.5. The lowest BCUT2D eigenvalue weighted by atomic mass is 10.2. The molecule has 0 N–H and O–H groups in total. The Balaban J connectivity index is 2.40. The van der Waals surface area contributed by atoms with Crippen LogP contribution in [0.3, 0.4) is 0 Å². The van der Waals surface area contributed by atoms with Crippen LogP contribution < -0.4 is 0 Å². The lowest BCUT2D eigenvalue weighted by molar-refractivity contribution is 0.566. The predicted molar refractivity (Wildman–Crippen MR) is 73.8 cm³/mol. The van der Waals surface area contributed by atoms with Gasteiger partial charge in [-0.05, 0) is 29.8 Å². The van der Waals surface area contributed by atoms with Crippen molar-refractivity contribution in [2.75, 3.05) is 0 Å². The average Bonchev–Trinajstić information content (AvgIpc) is 2.33. The summed E-state index contributed by atoms with van der Waals surface area (Å²) >= 11 is 11.7. The number of sulfone groups is 1. The fraction of sp³-hybridized carbons (Fsp3) is 0.0769. The van der Waals surface area contributed by atoms with E-state index in [0.29, 0.717) is 10.6 Å². The van der Waals surface area contributed by atoms with E-state index in [9.17, 15) is 12.8 Å². The molecule has 19 heavy (non-hydrogen) atoms. The molecular weight excluding hydrogens is 310 g/mol. The van der Waals surface area contributed by atoms with Crippen molar-refractivity contribution in [1.29, 1.82) is 0 Å². The molecule has 0 unspecified atom stereocenters. The molecule has 0 amide bonds. The molecule has 100 valence electrons. The molecule has 0 radical (unpaired) electrons. The van der Waals surface area contributed by atoms with Crippen LogP contribution in [0.2, 0.25) is 10.0 Å². The van der Waals surface area contributed by atoms with Gasteiger partial charge >= 0.3 is 0 Å². The summed E-state index contributed by atoms with van der Waals surface area (Å²) in [6.07, 6.45) is 0. The fourth-order valence-corrected chi connectivity index (χ4v) is 3.64. The Labute approximate surface area is 120 Å². The molecule has 0 heterocycles. The van der Waals surface area contributed by atoms with E-state index in [4.69, 9.17) is 23.2 Å². The van der Waals surface area contributed by atoms with Gasteiger partial charge in [0.1, 0.15) is 10.7 Å². The van der Waals surface area contributed by atoms with Crippen molar-refractivity contribution in [2.45, 2.75) is 10.6 Å². The van der Waals surface area contributed by atoms with Gasteiger partial charge in [-0.1, -0.05) is 41.4 Å². The Morgan fingerprint density at radius 3 is 2.37 bits per heavy atom. The van der Waals surface area contributed by atoms with Crippen LogP contribution in [0, 0.1) is 5.82 Å². The first-order valence-corrected chi connectivity index (χ1v) is 7.72. The van der Waals surface area contributed by atoms with Crippen LogP contribution >= 0.6 is 23.2 Å². The second-order valence-electron chi connectivity index (χ2n) is 3.93. The highest BCUT2D eigenvalue weighted by Crippen LogP contribution is 2.26. The van der Waals surface area contributed by atoms with E-state index >= 15 is 0 Å². The monoisotopic (exact) mass is 318 g/mol. The molecule has 0 aliphatic heterocycles. The molecule has 0 atom stereocenters. The third kappa shape index (κ3) is 3.26. The highest BCUT2D eigenvalue weighted by molar-refractivity contribution is 7.90.